The zero-order chi connectivity index (χ0) is 18.4. The Labute approximate surface area is 152 Å². The molecule has 0 radical (unpaired) electrons. The zero-order valence-electron chi connectivity index (χ0n) is 14.5. The minimum Gasteiger partial charge on any atom is -0.463 e. The topological polar surface area (TPSA) is 96.0 Å². The Balaban J connectivity index is 1.67. The Morgan fingerprint density at radius 2 is 1.88 bits per heavy atom. The highest BCUT2D eigenvalue weighted by Crippen LogP contribution is 2.15. The van der Waals surface area contributed by atoms with Gasteiger partial charge in [-0.15, -0.1) is 0 Å². The van der Waals surface area contributed by atoms with Crippen LogP contribution in [-0.2, 0) is 22.6 Å². The SMILES string of the molecule is O=C(NCCO)C(=O)NC[C@H](c1ccco1)[NH+]1CCc2ccccc2C1. The van der Waals surface area contributed by atoms with Gasteiger partial charge >= 0.3 is 11.8 Å². The molecule has 2 heterocycles. The summed E-state index contributed by atoms with van der Waals surface area (Å²) in [4.78, 5) is 24.9. The lowest BCUT2D eigenvalue weighted by atomic mass is 9.98. The summed E-state index contributed by atoms with van der Waals surface area (Å²) in [7, 11) is 0. The predicted molar refractivity (Wildman–Crippen MR) is 94.2 cm³/mol. The van der Waals surface area contributed by atoms with Crippen LogP contribution in [0.25, 0.3) is 0 Å². The average molecular weight is 358 g/mol. The highest BCUT2D eigenvalue weighted by molar-refractivity contribution is 6.35. The highest BCUT2D eigenvalue weighted by atomic mass is 16.3. The Bertz CT molecular complexity index is 745. The van der Waals surface area contributed by atoms with Gasteiger partial charge in [0, 0.05) is 18.5 Å². The van der Waals surface area contributed by atoms with E-state index in [9.17, 15) is 9.59 Å². The number of nitrogens with one attached hydrogen (secondary N) is 3. The number of rotatable bonds is 6. The van der Waals surface area contributed by atoms with Crippen LogP contribution in [0.2, 0.25) is 0 Å². The maximum absolute atomic E-state index is 12.0. The van der Waals surface area contributed by atoms with Crippen LogP contribution >= 0.6 is 0 Å². The van der Waals surface area contributed by atoms with Crippen molar-refractivity contribution >= 4 is 11.8 Å². The van der Waals surface area contributed by atoms with Crippen LogP contribution in [0.15, 0.2) is 47.1 Å². The van der Waals surface area contributed by atoms with Crippen molar-refractivity contribution in [3.8, 4) is 0 Å². The van der Waals surface area contributed by atoms with E-state index in [4.69, 9.17) is 9.52 Å². The van der Waals surface area contributed by atoms with E-state index in [0.29, 0.717) is 6.54 Å². The third-order valence-electron chi connectivity index (χ3n) is 4.70. The fourth-order valence-corrected chi connectivity index (χ4v) is 3.36. The van der Waals surface area contributed by atoms with Gasteiger partial charge in [-0.2, -0.15) is 0 Å². The first-order valence-electron chi connectivity index (χ1n) is 8.80. The van der Waals surface area contributed by atoms with Crippen molar-refractivity contribution in [3.05, 3.63) is 59.5 Å². The highest BCUT2D eigenvalue weighted by Gasteiger charge is 2.31. The second kappa shape index (κ2) is 8.64. The summed E-state index contributed by atoms with van der Waals surface area (Å²) < 4.78 is 5.59. The molecule has 2 aromatic rings. The summed E-state index contributed by atoms with van der Waals surface area (Å²) in [6, 6.07) is 12.0. The normalized spacial score (nSPS) is 17.2. The summed E-state index contributed by atoms with van der Waals surface area (Å²) in [5.74, 6) is -0.654. The Kier molecular flexibility index (Phi) is 6.04. The molecule has 0 bridgehead atoms. The summed E-state index contributed by atoms with van der Waals surface area (Å²) in [5, 5.41) is 13.8. The number of hydrogen-bond acceptors (Lipinski definition) is 4. The molecule has 26 heavy (non-hydrogen) atoms. The molecular weight excluding hydrogens is 334 g/mol. The van der Waals surface area contributed by atoms with Crippen molar-refractivity contribution in [2.24, 2.45) is 0 Å². The number of furan rings is 1. The standard InChI is InChI=1S/C19H23N3O4/c23-10-8-20-18(24)19(25)21-12-16(17-6-3-11-26-17)22-9-7-14-4-1-2-5-15(14)13-22/h1-6,11,16,23H,7-10,12-13H2,(H,20,24)(H,21,25)/p+1/t16-/m1/s1. The summed E-state index contributed by atoms with van der Waals surface area (Å²) >= 11 is 0. The minimum absolute atomic E-state index is 0.0576. The first kappa shape index (κ1) is 18.2. The largest absolute Gasteiger partial charge is 0.463 e. The summed E-state index contributed by atoms with van der Waals surface area (Å²) in [6.45, 7) is 1.92. The number of carbonyl (C=O) groups is 2. The number of carbonyl (C=O) groups excluding carboxylic acids is 2. The van der Waals surface area contributed by atoms with Crippen LogP contribution in [0.1, 0.15) is 22.9 Å². The fourth-order valence-electron chi connectivity index (χ4n) is 3.36. The van der Waals surface area contributed by atoms with E-state index in [1.54, 1.807) is 6.26 Å². The first-order valence-corrected chi connectivity index (χ1v) is 8.80. The molecule has 0 aliphatic carbocycles. The Morgan fingerprint density at radius 1 is 1.12 bits per heavy atom. The van der Waals surface area contributed by atoms with Crippen LogP contribution in [0.5, 0.6) is 0 Å². The lowest BCUT2D eigenvalue weighted by Crippen LogP contribution is -3.12. The van der Waals surface area contributed by atoms with Crippen LogP contribution in [-0.4, -0.2) is 43.2 Å². The van der Waals surface area contributed by atoms with Crippen molar-refractivity contribution in [1.29, 1.82) is 0 Å². The first-order chi connectivity index (χ1) is 12.7. The van der Waals surface area contributed by atoms with E-state index in [2.05, 4.69) is 28.8 Å². The van der Waals surface area contributed by atoms with Crippen LogP contribution in [0, 0.1) is 0 Å². The van der Waals surface area contributed by atoms with Gasteiger partial charge in [0.2, 0.25) is 0 Å². The van der Waals surface area contributed by atoms with Gasteiger partial charge in [0.05, 0.1) is 26.0 Å². The summed E-state index contributed by atoms with van der Waals surface area (Å²) in [6.07, 6.45) is 2.59. The van der Waals surface area contributed by atoms with Gasteiger partial charge in [0.25, 0.3) is 0 Å². The van der Waals surface area contributed by atoms with Crippen LogP contribution in [0.3, 0.4) is 0 Å². The number of aliphatic hydroxyl groups excluding tert-OH is 1. The third kappa shape index (κ3) is 4.30. The van der Waals surface area contributed by atoms with Gasteiger partial charge in [-0.3, -0.25) is 9.59 Å². The molecule has 0 saturated carbocycles. The molecule has 0 fully saturated rings. The molecule has 2 amide bonds. The lowest BCUT2D eigenvalue weighted by molar-refractivity contribution is -0.946. The third-order valence-corrected chi connectivity index (χ3v) is 4.70. The maximum atomic E-state index is 12.0. The Hall–Kier alpha value is -2.64. The molecule has 1 unspecified atom stereocenters. The smallest absolute Gasteiger partial charge is 0.309 e. The molecule has 3 rings (SSSR count). The molecule has 1 aliphatic heterocycles. The van der Waals surface area contributed by atoms with E-state index in [0.717, 1.165) is 25.3 Å². The average Bonchev–Trinajstić information content (AvgIpc) is 3.20. The van der Waals surface area contributed by atoms with Crippen LogP contribution < -0.4 is 15.5 Å². The van der Waals surface area contributed by atoms with E-state index in [1.165, 1.54) is 16.0 Å². The summed E-state index contributed by atoms with van der Waals surface area (Å²) in [5.41, 5.74) is 2.67. The monoisotopic (exact) mass is 358 g/mol. The molecule has 138 valence electrons. The van der Waals surface area contributed by atoms with E-state index in [-0.39, 0.29) is 19.2 Å². The molecule has 2 atom stereocenters. The van der Waals surface area contributed by atoms with Crippen molar-refractivity contribution in [2.75, 3.05) is 26.2 Å². The minimum atomic E-state index is -0.740. The van der Waals surface area contributed by atoms with Gasteiger partial charge in [-0.1, -0.05) is 24.3 Å². The maximum Gasteiger partial charge on any atom is 0.309 e. The number of quaternary nitrogens is 1. The van der Waals surface area contributed by atoms with Gasteiger partial charge in [-0.25, -0.2) is 0 Å². The number of aliphatic hydroxyl groups is 1. The molecule has 1 aliphatic rings. The molecular formula is C19H24N3O4+. The Morgan fingerprint density at radius 3 is 2.62 bits per heavy atom. The molecule has 1 aromatic heterocycles. The molecule has 7 nitrogen and oxygen atoms in total. The number of hydrogen-bond donors (Lipinski definition) is 4. The van der Waals surface area contributed by atoms with Gasteiger partial charge in [0.1, 0.15) is 6.54 Å². The van der Waals surface area contributed by atoms with Gasteiger partial charge in [0.15, 0.2) is 11.8 Å². The molecule has 7 heteroatoms. The van der Waals surface area contributed by atoms with Gasteiger partial charge < -0.3 is 25.1 Å². The quantitative estimate of drug-likeness (QED) is 0.508. The molecule has 0 spiro atoms. The van der Waals surface area contributed by atoms with E-state index < -0.39 is 11.8 Å². The van der Waals surface area contributed by atoms with Crippen molar-refractivity contribution in [2.45, 2.75) is 19.0 Å². The lowest BCUT2D eigenvalue weighted by Gasteiger charge is -2.31. The molecule has 0 saturated heterocycles. The number of benzene rings is 1. The predicted octanol–water partition coefficient (Wildman–Crippen LogP) is -0.813. The van der Waals surface area contributed by atoms with Crippen molar-refractivity contribution < 1.29 is 24.0 Å². The zero-order valence-corrected chi connectivity index (χ0v) is 14.5. The molecule has 1 aromatic carbocycles. The van der Waals surface area contributed by atoms with Crippen LogP contribution in [0.4, 0.5) is 0 Å². The van der Waals surface area contributed by atoms with Gasteiger partial charge in [-0.05, 0) is 17.7 Å². The van der Waals surface area contributed by atoms with E-state index >= 15 is 0 Å². The second-order valence-corrected chi connectivity index (χ2v) is 6.36. The van der Waals surface area contributed by atoms with Crippen molar-refractivity contribution in [3.63, 3.8) is 0 Å². The van der Waals surface area contributed by atoms with E-state index in [1.807, 2.05) is 18.2 Å². The fraction of sp³-hybridized carbons (Fsp3) is 0.368. The number of amides is 2. The molecule has 4 N–H and O–H groups in total. The number of fused-ring (bicyclic) bond motifs is 1. The van der Waals surface area contributed by atoms with Crippen molar-refractivity contribution in [1.82, 2.24) is 10.6 Å². The second-order valence-electron chi connectivity index (χ2n) is 6.36.